The minimum absolute atomic E-state index is 0. The van der Waals surface area contributed by atoms with Crippen molar-refractivity contribution >= 4 is 71.1 Å². The van der Waals surface area contributed by atoms with E-state index in [0.29, 0.717) is 0 Å². The van der Waals surface area contributed by atoms with Crippen LogP contribution in [0.4, 0.5) is 123 Å². The lowest BCUT2D eigenvalue weighted by atomic mass is 9.11. The van der Waals surface area contributed by atoms with Gasteiger partial charge in [-0.05, 0) is 21.5 Å². The Bertz CT molecular complexity index is 3260. The molecule has 368 valence electrons. The van der Waals surface area contributed by atoms with Crippen molar-refractivity contribution in [1.29, 1.82) is 0 Å². The molecule has 1 nitrogen and oxygen atoms in total. The monoisotopic (exact) mass is 1040 g/mol. The molecule has 4 N–H and O–H groups in total. The predicted molar refractivity (Wildman–Crippen MR) is 185 cm³/mol. The summed E-state index contributed by atoms with van der Waals surface area (Å²) in [4.78, 5) is 0. The average Bonchev–Trinajstić information content (AvgIpc) is 3.31. The summed E-state index contributed by atoms with van der Waals surface area (Å²) in [7, 11) is 0. The zero-order valence-corrected chi connectivity index (χ0v) is 32.2. The molecule has 8 rings (SSSR count). The Morgan fingerprint density at radius 2 is 0.229 bits per heavy atom. The summed E-state index contributed by atoms with van der Waals surface area (Å²) in [5.74, 6) is -104. The molecule has 0 aliphatic heterocycles. The molecule has 0 fully saturated rings. The second kappa shape index (κ2) is 16.2. The zero-order valence-electron chi connectivity index (χ0n) is 32.2. The Morgan fingerprint density at radius 1 is 0.129 bits per heavy atom. The third-order valence-corrected chi connectivity index (χ3v) is 11.2. The molecule has 0 saturated heterocycles. The zero-order chi connectivity index (χ0) is 51.6. The molecule has 0 amide bonds. The highest BCUT2D eigenvalue weighted by atomic mass is 19.2. The molecule has 0 aromatic heterocycles. The van der Waals surface area contributed by atoms with Crippen molar-refractivity contribution in [3.05, 3.63) is 163 Å². The van der Waals surface area contributed by atoms with E-state index >= 15 is 105 Å². The first kappa shape index (κ1) is 50.7. The highest BCUT2D eigenvalue weighted by Crippen LogP contribution is 2.42. The van der Waals surface area contributed by atoms with Gasteiger partial charge in [-0.2, -0.15) is 0 Å². The van der Waals surface area contributed by atoms with E-state index in [-0.39, 0.29) is 6.15 Å². The van der Waals surface area contributed by atoms with Crippen molar-refractivity contribution in [1.82, 2.24) is 6.15 Å². The Kier molecular flexibility index (Phi) is 11.8. The Balaban J connectivity index is 0.00000722. The van der Waals surface area contributed by atoms with E-state index in [0.717, 1.165) is 0 Å². The van der Waals surface area contributed by atoms with Gasteiger partial charge in [0.05, 0.1) is 21.5 Å². The lowest BCUT2D eigenvalue weighted by Crippen LogP contribution is -2.79. The fraction of sp³-hybridized carbons (Fsp3) is 0. The first-order valence-corrected chi connectivity index (χ1v) is 17.4. The van der Waals surface area contributed by atoms with Crippen LogP contribution in [0, 0.1) is 163 Å². The number of halogens is 28. The van der Waals surface area contributed by atoms with Crippen molar-refractivity contribution < 1.29 is 123 Å². The largest absolute Gasteiger partial charge is 0.369 e. The molecule has 8 aromatic carbocycles. The van der Waals surface area contributed by atoms with E-state index in [1.807, 2.05) is 0 Å². The summed E-state index contributed by atoms with van der Waals surface area (Å²) in [5.41, 5.74) is -15.5. The van der Waals surface area contributed by atoms with Crippen LogP contribution in [0.5, 0.6) is 0 Å². The van der Waals surface area contributed by atoms with Gasteiger partial charge in [-0.3, -0.25) is 0 Å². The Hall–Kier alpha value is -7.14. The molecule has 70 heavy (non-hydrogen) atoms. The van der Waals surface area contributed by atoms with E-state index in [1.165, 1.54) is 0 Å². The van der Waals surface area contributed by atoms with Crippen LogP contribution >= 0.6 is 0 Å². The van der Waals surface area contributed by atoms with Gasteiger partial charge in [0.2, 0.25) is 0 Å². The Morgan fingerprint density at radius 3 is 0.357 bits per heavy atom. The molecule has 0 radical (unpaired) electrons. The summed E-state index contributed by atoms with van der Waals surface area (Å²) >= 11 is 0. The van der Waals surface area contributed by atoms with Gasteiger partial charge in [0.1, 0.15) is 29.4 Å². The molecule has 0 aliphatic carbocycles. The maximum Gasteiger partial charge on any atom is 0.198 e. The molecule has 0 spiro atoms. The van der Waals surface area contributed by atoms with E-state index in [2.05, 4.69) is 0 Å². The molecule has 8 aromatic rings. The molecule has 0 unspecified atom stereocenters. The molecule has 30 heteroatoms. The number of fused-ring (bicyclic) bond motifs is 4. The normalized spacial score (nSPS) is 12.2. The van der Waals surface area contributed by atoms with Crippen LogP contribution in [0.3, 0.4) is 0 Å². The van der Waals surface area contributed by atoms with Gasteiger partial charge >= 0.3 is 0 Å². The number of benzene rings is 8. The van der Waals surface area contributed by atoms with Crippen LogP contribution in [-0.2, 0) is 0 Å². The molecule has 0 atom stereocenters. The lowest BCUT2D eigenvalue weighted by molar-refractivity contribution is 0.410. The molecular weight excluding hydrogens is 1040 g/mol. The van der Waals surface area contributed by atoms with Crippen LogP contribution in [0.15, 0.2) is 0 Å². The van der Waals surface area contributed by atoms with Gasteiger partial charge in [0.15, 0.2) is 140 Å². The van der Waals surface area contributed by atoms with Gasteiger partial charge in [0.25, 0.3) is 0 Å². The van der Waals surface area contributed by atoms with E-state index < -0.39 is 234 Å². The quantitative estimate of drug-likeness (QED) is 0.0789. The van der Waals surface area contributed by atoms with Gasteiger partial charge in [0, 0.05) is 0 Å². The summed E-state index contributed by atoms with van der Waals surface area (Å²) in [6.07, 6.45) is -8.05. The molecule has 0 heterocycles. The van der Waals surface area contributed by atoms with Crippen molar-refractivity contribution in [3.63, 3.8) is 0 Å². The smallest absolute Gasteiger partial charge is 0.198 e. The second-order valence-corrected chi connectivity index (χ2v) is 14.3. The maximum atomic E-state index is 17.3. The molecule has 0 bridgehead atoms. The van der Waals surface area contributed by atoms with Crippen LogP contribution in [0.1, 0.15) is 0 Å². The molecule has 0 saturated carbocycles. The van der Waals surface area contributed by atoms with Gasteiger partial charge < -0.3 is 6.15 Å². The van der Waals surface area contributed by atoms with Crippen molar-refractivity contribution in [2.45, 2.75) is 0 Å². The third-order valence-electron chi connectivity index (χ3n) is 11.2. The van der Waals surface area contributed by atoms with Gasteiger partial charge in [-0.25, -0.2) is 123 Å². The maximum absolute atomic E-state index is 17.3. The summed E-state index contributed by atoms with van der Waals surface area (Å²) in [5, 5.41) is -27.0. The lowest BCUT2D eigenvalue weighted by Gasteiger charge is -2.47. The third kappa shape index (κ3) is 5.86. The highest BCUT2D eigenvalue weighted by Gasteiger charge is 2.52. The number of hydrogen-bond acceptors (Lipinski definition) is 0. The second-order valence-electron chi connectivity index (χ2n) is 14.3. The predicted octanol–water partition coefficient (Wildman–Crippen LogP) is 11.9. The van der Waals surface area contributed by atoms with Crippen LogP contribution < -0.4 is 28.0 Å². The topological polar surface area (TPSA) is 36.5 Å². The van der Waals surface area contributed by atoms with Crippen molar-refractivity contribution in [3.8, 4) is 0 Å². The standard InChI is InChI=1S/C40BF28.H3N/c42-13-1-5(21(50)37(66)33(13)62)17(46)29(58)25(54)9(1)41(10-2-6(18(47)30(59)26(10)55)22(51)38(67)34(63)14(2)43,11-3-7(19(48)31(60)27(11)56)23(52)39(68)35(64)15(3)44)12-4-8(20(49)32(61)28(12)57)24(53)40(69)36(65)16(4)45;/h;1H3/q-1;/p+1. The number of rotatable bonds is 4. The minimum atomic E-state index is -8.05. The van der Waals surface area contributed by atoms with Crippen molar-refractivity contribution in [2.24, 2.45) is 0 Å². The van der Waals surface area contributed by atoms with Crippen LogP contribution in [0.2, 0.25) is 0 Å². The minimum Gasteiger partial charge on any atom is -0.369 e. The van der Waals surface area contributed by atoms with E-state index in [4.69, 9.17) is 0 Å². The van der Waals surface area contributed by atoms with E-state index in [9.17, 15) is 17.6 Å². The summed E-state index contributed by atoms with van der Waals surface area (Å²) in [6, 6.07) is 0. The first-order chi connectivity index (χ1) is 32.0. The number of quaternary nitrogens is 1. The van der Waals surface area contributed by atoms with Gasteiger partial charge in [-0.1, -0.05) is 0 Å². The Labute approximate surface area is 363 Å². The van der Waals surface area contributed by atoms with Gasteiger partial charge in [-0.15, -0.1) is 21.9 Å². The number of hydrogen-bond donors (Lipinski definition) is 1. The fourth-order valence-corrected chi connectivity index (χ4v) is 8.59. The summed E-state index contributed by atoms with van der Waals surface area (Å²) < 4.78 is 446. The summed E-state index contributed by atoms with van der Waals surface area (Å²) in [6.45, 7) is 0. The first-order valence-electron chi connectivity index (χ1n) is 17.4. The SMILES string of the molecule is Fc1c(F)c(F)c2c([B-](c3c(F)c(F)c(F)c4c(F)c(F)c(F)c(F)c34)(c3c(F)c(F)c(F)c4c(F)c(F)c(F)c(F)c34)c3c(F)c(F)c(F)c4c(F)c(F)c(F)c(F)c34)c(F)c(F)c(F)c2c1F.[NH4+]. The van der Waals surface area contributed by atoms with Crippen LogP contribution in [-0.4, -0.2) is 6.15 Å². The average molecular weight is 1040 g/mol. The molecular formula is C40H4BF28N. The molecule has 0 aliphatic rings. The van der Waals surface area contributed by atoms with Crippen LogP contribution in [0.25, 0.3) is 43.1 Å². The fourth-order valence-electron chi connectivity index (χ4n) is 8.59. The highest BCUT2D eigenvalue weighted by molar-refractivity contribution is 7.23. The van der Waals surface area contributed by atoms with E-state index in [1.54, 1.807) is 0 Å². The van der Waals surface area contributed by atoms with Crippen molar-refractivity contribution in [2.75, 3.05) is 0 Å².